The second-order valence-electron chi connectivity index (χ2n) is 10.7. The highest BCUT2D eigenvalue weighted by atomic mass is 32.2. The minimum Gasteiger partial charge on any atom is -0.312 e. The Morgan fingerprint density at radius 1 is 0.738 bits per heavy atom. The maximum atomic E-state index is 13.4. The molecule has 2 aromatic rings. The number of hydrogen-bond acceptors (Lipinski definition) is 7. The molecule has 8 nitrogen and oxygen atoms in total. The molecule has 4 aliphatic rings. The van der Waals surface area contributed by atoms with Crippen molar-refractivity contribution in [2.24, 2.45) is 0 Å². The zero-order valence-electron chi connectivity index (χ0n) is 23.0. The van der Waals surface area contributed by atoms with Gasteiger partial charge in [0.15, 0.2) is 0 Å². The van der Waals surface area contributed by atoms with Gasteiger partial charge in [-0.2, -0.15) is 0 Å². The van der Waals surface area contributed by atoms with Crippen molar-refractivity contribution in [2.45, 2.75) is 44.9 Å². The lowest BCUT2D eigenvalue weighted by molar-refractivity contribution is -0.126. The van der Waals surface area contributed by atoms with E-state index in [0.717, 1.165) is 59.9 Å². The number of amides is 4. The first-order chi connectivity index (χ1) is 20.3. The predicted octanol–water partition coefficient (Wildman–Crippen LogP) is 4.40. The molecule has 0 N–H and O–H groups in total. The Labute approximate surface area is 259 Å². The Bertz CT molecular complexity index is 1440. The number of fused-ring (bicyclic) bond motifs is 2. The highest BCUT2D eigenvalue weighted by molar-refractivity contribution is 8.26. The molecule has 0 aromatic heterocycles. The van der Waals surface area contributed by atoms with Crippen LogP contribution in [0.3, 0.4) is 0 Å². The van der Waals surface area contributed by atoms with Gasteiger partial charge >= 0.3 is 0 Å². The summed E-state index contributed by atoms with van der Waals surface area (Å²) in [6.45, 7) is 1.60. The van der Waals surface area contributed by atoms with Crippen LogP contribution in [0.15, 0.2) is 59.0 Å². The van der Waals surface area contributed by atoms with Crippen LogP contribution >= 0.6 is 36.2 Å². The van der Waals surface area contributed by atoms with E-state index in [-0.39, 0.29) is 60.9 Å². The monoisotopic (exact) mass is 618 g/mol. The van der Waals surface area contributed by atoms with Crippen molar-refractivity contribution in [1.82, 2.24) is 9.80 Å². The standard InChI is InChI=1S/C31H30N4O4S3/c36-25(32-15-5-9-20-7-1-3-11-23(20)32)13-17-34-27(40)19-22(29(34)38)28-30(39)35(31(41)42-28)18-14-26(37)33-16-6-10-21-8-2-4-12-24(21)33/h1-4,7-8,11-12H,5-6,9-10,13-19H2. The van der Waals surface area contributed by atoms with Crippen LogP contribution in [0.25, 0.3) is 0 Å². The smallest absolute Gasteiger partial charge is 0.266 e. The quantitative estimate of drug-likeness (QED) is 0.351. The Balaban J connectivity index is 1.09. The van der Waals surface area contributed by atoms with Gasteiger partial charge in [-0.15, -0.1) is 0 Å². The van der Waals surface area contributed by atoms with Gasteiger partial charge < -0.3 is 14.7 Å². The van der Waals surface area contributed by atoms with Crippen LogP contribution in [0.4, 0.5) is 11.4 Å². The molecule has 0 aliphatic carbocycles. The minimum absolute atomic E-state index is 0.0569. The van der Waals surface area contributed by atoms with Crippen molar-refractivity contribution in [2.75, 3.05) is 36.0 Å². The molecule has 216 valence electrons. The van der Waals surface area contributed by atoms with E-state index in [4.69, 9.17) is 24.4 Å². The summed E-state index contributed by atoms with van der Waals surface area (Å²) in [4.78, 5) is 60.2. The van der Waals surface area contributed by atoms with Crippen LogP contribution in [-0.4, -0.2) is 68.9 Å². The summed E-state index contributed by atoms with van der Waals surface area (Å²) in [6, 6.07) is 15.8. The van der Waals surface area contributed by atoms with Gasteiger partial charge in [0, 0.05) is 62.4 Å². The number of benzene rings is 2. The zero-order chi connectivity index (χ0) is 29.4. The molecule has 4 heterocycles. The highest BCUT2D eigenvalue weighted by Gasteiger charge is 2.41. The molecule has 2 saturated heterocycles. The van der Waals surface area contributed by atoms with Gasteiger partial charge in [-0.3, -0.25) is 24.1 Å². The number of nitrogens with zero attached hydrogens (tertiary/aromatic N) is 4. The highest BCUT2D eigenvalue weighted by Crippen LogP contribution is 2.38. The zero-order valence-corrected chi connectivity index (χ0v) is 25.5. The summed E-state index contributed by atoms with van der Waals surface area (Å²) in [5.41, 5.74) is 4.46. The molecule has 4 amide bonds. The van der Waals surface area contributed by atoms with Gasteiger partial charge in [-0.05, 0) is 48.9 Å². The molecule has 42 heavy (non-hydrogen) atoms. The summed E-state index contributed by atoms with van der Waals surface area (Å²) < 4.78 is 0.324. The molecular formula is C31H30N4O4S3. The van der Waals surface area contributed by atoms with E-state index in [1.54, 1.807) is 9.80 Å². The summed E-state index contributed by atoms with van der Waals surface area (Å²) in [5.74, 6) is -0.841. The average Bonchev–Trinajstić information content (AvgIpc) is 3.45. The van der Waals surface area contributed by atoms with Gasteiger partial charge in [-0.25, -0.2) is 0 Å². The van der Waals surface area contributed by atoms with E-state index in [2.05, 4.69) is 0 Å². The SMILES string of the molecule is O=C1C(=C2SC(=S)N(CCC(=O)N3CCCc4ccccc43)C2=O)CC(=S)N1CCC(=O)N1CCCc2ccccc21. The second kappa shape index (κ2) is 12.1. The van der Waals surface area contributed by atoms with Crippen LogP contribution in [0.5, 0.6) is 0 Å². The van der Waals surface area contributed by atoms with Crippen LogP contribution in [-0.2, 0) is 32.0 Å². The maximum absolute atomic E-state index is 13.4. The molecule has 4 aliphatic heterocycles. The Hall–Kier alpha value is -3.41. The van der Waals surface area contributed by atoms with Gasteiger partial charge in [0.2, 0.25) is 11.8 Å². The van der Waals surface area contributed by atoms with Crippen LogP contribution in [0.1, 0.15) is 43.2 Å². The van der Waals surface area contributed by atoms with E-state index < -0.39 is 0 Å². The molecule has 6 rings (SSSR count). The number of carbonyl (C=O) groups excluding carboxylic acids is 4. The molecule has 0 atom stereocenters. The largest absolute Gasteiger partial charge is 0.312 e. The Kier molecular flexibility index (Phi) is 8.24. The number of para-hydroxylation sites is 2. The number of thiocarbonyl (C=S) groups is 2. The van der Waals surface area contributed by atoms with E-state index >= 15 is 0 Å². The summed E-state index contributed by atoms with van der Waals surface area (Å²) in [7, 11) is 0. The summed E-state index contributed by atoms with van der Waals surface area (Å²) >= 11 is 12.1. The fourth-order valence-corrected chi connectivity index (χ4v) is 7.73. The third-order valence-electron chi connectivity index (χ3n) is 8.18. The number of likely N-dealkylation sites (tertiary alicyclic amines) is 1. The second-order valence-corrected chi connectivity index (χ2v) is 12.8. The lowest BCUT2D eigenvalue weighted by Crippen LogP contribution is -2.39. The molecule has 11 heteroatoms. The van der Waals surface area contributed by atoms with Crippen molar-refractivity contribution < 1.29 is 19.2 Å². The van der Waals surface area contributed by atoms with Gasteiger partial charge in [0.05, 0.1) is 9.89 Å². The topological polar surface area (TPSA) is 81.2 Å². The minimum atomic E-state index is -0.370. The number of hydrogen-bond donors (Lipinski definition) is 0. The maximum Gasteiger partial charge on any atom is 0.266 e. The Morgan fingerprint density at radius 2 is 1.26 bits per heavy atom. The first-order valence-electron chi connectivity index (χ1n) is 14.2. The van der Waals surface area contributed by atoms with Crippen molar-refractivity contribution in [1.29, 1.82) is 0 Å². The van der Waals surface area contributed by atoms with E-state index in [0.29, 0.717) is 28.0 Å². The fraction of sp³-hybridized carbons (Fsp3) is 0.355. The molecule has 2 fully saturated rings. The van der Waals surface area contributed by atoms with Crippen molar-refractivity contribution in [3.63, 3.8) is 0 Å². The fourth-order valence-electron chi connectivity index (χ4n) is 6.05. The van der Waals surface area contributed by atoms with E-state index in [1.165, 1.54) is 9.80 Å². The van der Waals surface area contributed by atoms with Gasteiger partial charge in [-0.1, -0.05) is 72.6 Å². The van der Waals surface area contributed by atoms with Crippen LogP contribution < -0.4 is 9.80 Å². The van der Waals surface area contributed by atoms with Crippen molar-refractivity contribution >= 4 is 80.5 Å². The number of carbonyl (C=O) groups is 4. The summed E-state index contributed by atoms with van der Waals surface area (Å²) in [5, 5.41) is 0. The average molecular weight is 619 g/mol. The Morgan fingerprint density at radius 3 is 1.83 bits per heavy atom. The number of rotatable bonds is 6. The molecule has 0 unspecified atom stereocenters. The number of anilines is 2. The van der Waals surface area contributed by atoms with Gasteiger partial charge in [0.25, 0.3) is 11.8 Å². The predicted molar refractivity (Wildman–Crippen MR) is 171 cm³/mol. The van der Waals surface area contributed by atoms with E-state index in [9.17, 15) is 19.2 Å². The lowest BCUT2D eigenvalue weighted by Gasteiger charge is -2.30. The first-order valence-corrected chi connectivity index (χ1v) is 15.8. The van der Waals surface area contributed by atoms with Crippen LogP contribution in [0, 0.1) is 0 Å². The number of thioether (sulfide) groups is 1. The molecule has 0 spiro atoms. The van der Waals surface area contributed by atoms with Crippen LogP contribution in [0.2, 0.25) is 0 Å². The normalized spacial score (nSPS) is 20.4. The third-order valence-corrected chi connectivity index (χ3v) is 10.0. The molecule has 0 bridgehead atoms. The molecule has 0 saturated carbocycles. The van der Waals surface area contributed by atoms with Crippen molar-refractivity contribution in [3.05, 3.63) is 70.1 Å². The molecule has 0 radical (unpaired) electrons. The van der Waals surface area contributed by atoms with Gasteiger partial charge in [0.1, 0.15) is 4.32 Å². The number of aryl methyl sites for hydroxylation is 2. The molecular weight excluding hydrogens is 589 g/mol. The molecule has 2 aromatic carbocycles. The van der Waals surface area contributed by atoms with Crippen molar-refractivity contribution in [3.8, 4) is 0 Å². The lowest BCUT2D eigenvalue weighted by atomic mass is 10.0. The van der Waals surface area contributed by atoms with E-state index in [1.807, 2.05) is 48.5 Å². The summed E-state index contributed by atoms with van der Waals surface area (Å²) in [6.07, 6.45) is 4.09. The first kappa shape index (κ1) is 28.7. The third kappa shape index (κ3) is 5.41.